The summed E-state index contributed by atoms with van der Waals surface area (Å²) in [5.41, 5.74) is 0. The van der Waals surface area contributed by atoms with Crippen molar-refractivity contribution in [1.82, 2.24) is 0 Å². The van der Waals surface area contributed by atoms with Crippen LogP contribution < -0.4 is 0 Å². The fourth-order valence-corrected chi connectivity index (χ4v) is 1.95. The Balaban J connectivity index is 2.69. The van der Waals surface area contributed by atoms with Gasteiger partial charge in [0.2, 0.25) is 0 Å². The zero-order chi connectivity index (χ0) is 9.90. The first-order valence-electron chi connectivity index (χ1n) is 4.09. The molecular weight excluding hydrogens is 204 g/mol. The number of thioether (sulfide) groups is 1. The van der Waals surface area contributed by atoms with Crippen LogP contribution in [0, 0.1) is 0 Å². The van der Waals surface area contributed by atoms with Crippen LogP contribution in [0.2, 0.25) is 5.02 Å². The van der Waals surface area contributed by atoms with Crippen molar-refractivity contribution in [2.45, 2.75) is 23.5 Å². The van der Waals surface area contributed by atoms with Crippen molar-refractivity contribution in [1.29, 1.82) is 0 Å². The first-order chi connectivity index (χ1) is 6.03. The molecule has 72 valence electrons. The third-order valence-corrected chi connectivity index (χ3v) is 3.03. The van der Waals surface area contributed by atoms with E-state index in [0.717, 1.165) is 9.92 Å². The molecular formula is C10H13ClOS. The van der Waals surface area contributed by atoms with Gasteiger partial charge in [0.15, 0.2) is 0 Å². The maximum absolute atomic E-state index is 9.06. The van der Waals surface area contributed by atoms with Gasteiger partial charge in [-0.1, -0.05) is 11.6 Å². The van der Waals surface area contributed by atoms with E-state index in [9.17, 15) is 0 Å². The molecule has 0 spiro atoms. The van der Waals surface area contributed by atoms with Crippen LogP contribution in [0.1, 0.15) is 13.8 Å². The normalized spacial score (nSPS) is 11.7. The fourth-order valence-electron chi connectivity index (χ4n) is 0.854. The van der Waals surface area contributed by atoms with E-state index in [1.165, 1.54) is 0 Å². The van der Waals surface area contributed by atoms with E-state index in [1.807, 2.05) is 38.1 Å². The summed E-state index contributed by atoms with van der Waals surface area (Å²) in [6, 6.07) is 7.64. The van der Waals surface area contributed by atoms with E-state index in [-0.39, 0.29) is 11.4 Å². The number of halogens is 1. The van der Waals surface area contributed by atoms with Gasteiger partial charge in [-0.15, -0.1) is 11.8 Å². The molecule has 0 amide bonds. The van der Waals surface area contributed by atoms with Crippen LogP contribution in [0.3, 0.4) is 0 Å². The van der Waals surface area contributed by atoms with Crippen molar-refractivity contribution in [2.24, 2.45) is 0 Å². The second-order valence-corrected chi connectivity index (χ2v) is 5.69. The third kappa shape index (κ3) is 3.59. The van der Waals surface area contributed by atoms with Crippen molar-refractivity contribution in [3.05, 3.63) is 29.3 Å². The smallest absolute Gasteiger partial charge is 0.0576 e. The van der Waals surface area contributed by atoms with Crippen LogP contribution in [0.5, 0.6) is 0 Å². The number of benzene rings is 1. The second-order valence-electron chi connectivity index (χ2n) is 3.47. The van der Waals surface area contributed by atoms with Crippen molar-refractivity contribution in [3.8, 4) is 0 Å². The molecule has 0 aliphatic rings. The molecule has 0 aromatic heterocycles. The highest BCUT2D eigenvalue weighted by molar-refractivity contribution is 8.00. The Bertz CT molecular complexity index is 269. The molecule has 0 saturated carbocycles. The van der Waals surface area contributed by atoms with Crippen LogP contribution in [0.15, 0.2) is 29.2 Å². The topological polar surface area (TPSA) is 20.2 Å². The molecule has 1 aromatic carbocycles. The second kappa shape index (κ2) is 4.36. The Hall–Kier alpha value is -0.180. The molecule has 0 fully saturated rings. The number of aliphatic hydroxyl groups is 1. The standard InChI is InChI=1S/C10H13ClOS/c1-10(2,7-12)13-9-5-3-8(11)4-6-9/h3-6,12H,7H2,1-2H3. The lowest BCUT2D eigenvalue weighted by molar-refractivity contribution is 0.265. The zero-order valence-corrected chi connectivity index (χ0v) is 9.32. The van der Waals surface area contributed by atoms with Crippen LogP contribution in [0.4, 0.5) is 0 Å². The summed E-state index contributed by atoms with van der Waals surface area (Å²) in [5.74, 6) is 0. The molecule has 0 aliphatic heterocycles. The van der Waals surface area contributed by atoms with Crippen molar-refractivity contribution < 1.29 is 5.11 Å². The van der Waals surface area contributed by atoms with Gasteiger partial charge in [-0.25, -0.2) is 0 Å². The van der Waals surface area contributed by atoms with Crippen LogP contribution in [0.25, 0.3) is 0 Å². The maximum atomic E-state index is 9.06. The SMILES string of the molecule is CC(C)(CO)Sc1ccc(Cl)cc1. The minimum absolute atomic E-state index is 0.131. The Kier molecular flexibility index (Phi) is 3.65. The Morgan fingerprint density at radius 2 is 1.85 bits per heavy atom. The van der Waals surface area contributed by atoms with Gasteiger partial charge in [-0.2, -0.15) is 0 Å². The van der Waals surface area contributed by atoms with E-state index in [1.54, 1.807) is 11.8 Å². The van der Waals surface area contributed by atoms with Crippen LogP contribution >= 0.6 is 23.4 Å². The molecule has 13 heavy (non-hydrogen) atoms. The van der Waals surface area contributed by atoms with Gasteiger partial charge >= 0.3 is 0 Å². The fraction of sp³-hybridized carbons (Fsp3) is 0.400. The van der Waals surface area contributed by atoms with E-state index in [0.29, 0.717) is 0 Å². The van der Waals surface area contributed by atoms with Gasteiger partial charge in [0, 0.05) is 14.7 Å². The lowest BCUT2D eigenvalue weighted by Gasteiger charge is -2.20. The van der Waals surface area contributed by atoms with Gasteiger partial charge in [0.1, 0.15) is 0 Å². The average Bonchev–Trinajstić information content (AvgIpc) is 2.09. The summed E-state index contributed by atoms with van der Waals surface area (Å²) in [6.45, 7) is 4.18. The average molecular weight is 217 g/mol. The molecule has 0 bridgehead atoms. The molecule has 0 aliphatic carbocycles. The number of hydrogen-bond acceptors (Lipinski definition) is 2. The van der Waals surface area contributed by atoms with Gasteiger partial charge < -0.3 is 5.11 Å². The lowest BCUT2D eigenvalue weighted by Crippen LogP contribution is -2.19. The maximum Gasteiger partial charge on any atom is 0.0576 e. The Morgan fingerprint density at radius 3 is 2.31 bits per heavy atom. The number of hydrogen-bond donors (Lipinski definition) is 1. The predicted molar refractivity (Wildman–Crippen MR) is 58.5 cm³/mol. The van der Waals surface area contributed by atoms with Gasteiger partial charge in [0.05, 0.1) is 6.61 Å². The largest absolute Gasteiger partial charge is 0.395 e. The summed E-state index contributed by atoms with van der Waals surface area (Å²) in [6.07, 6.45) is 0. The minimum atomic E-state index is -0.131. The highest BCUT2D eigenvalue weighted by atomic mass is 35.5. The first-order valence-corrected chi connectivity index (χ1v) is 5.28. The van der Waals surface area contributed by atoms with Gasteiger partial charge in [-0.3, -0.25) is 0 Å². The molecule has 0 heterocycles. The lowest BCUT2D eigenvalue weighted by atomic mass is 10.2. The predicted octanol–water partition coefficient (Wildman–Crippen LogP) is 3.20. The highest BCUT2D eigenvalue weighted by Crippen LogP contribution is 2.32. The van der Waals surface area contributed by atoms with E-state index in [4.69, 9.17) is 16.7 Å². The summed E-state index contributed by atoms with van der Waals surface area (Å²) in [5, 5.41) is 9.80. The van der Waals surface area contributed by atoms with Crippen molar-refractivity contribution in [2.75, 3.05) is 6.61 Å². The quantitative estimate of drug-likeness (QED) is 0.784. The van der Waals surface area contributed by atoms with Crippen molar-refractivity contribution in [3.63, 3.8) is 0 Å². The van der Waals surface area contributed by atoms with Crippen molar-refractivity contribution >= 4 is 23.4 Å². The highest BCUT2D eigenvalue weighted by Gasteiger charge is 2.17. The Morgan fingerprint density at radius 1 is 1.31 bits per heavy atom. The Labute approximate surface area is 88.1 Å². The number of aliphatic hydroxyl groups excluding tert-OH is 1. The van der Waals surface area contributed by atoms with Gasteiger partial charge in [0.25, 0.3) is 0 Å². The molecule has 3 heteroatoms. The minimum Gasteiger partial charge on any atom is -0.395 e. The molecule has 1 N–H and O–H groups in total. The van der Waals surface area contributed by atoms with Gasteiger partial charge in [-0.05, 0) is 38.1 Å². The molecule has 0 unspecified atom stereocenters. The summed E-state index contributed by atoms with van der Waals surface area (Å²) in [7, 11) is 0. The first kappa shape index (κ1) is 10.9. The molecule has 1 aromatic rings. The summed E-state index contributed by atoms with van der Waals surface area (Å²) in [4.78, 5) is 1.13. The summed E-state index contributed by atoms with van der Waals surface area (Å²) < 4.78 is -0.131. The zero-order valence-electron chi connectivity index (χ0n) is 7.75. The monoisotopic (exact) mass is 216 g/mol. The van der Waals surface area contributed by atoms with E-state index in [2.05, 4.69) is 0 Å². The van der Waals surface area contributed by atoms with E-state index >= 15 is 0 Å². The summed E-state index contributed by atoms with van der Waals surface area (Å²) >= 11 is 7.40. The number of rotatable bonds is 3. The molecule has 0 radical (unpaired) electrons. The molecule has 1 rings (SSSR count). The molecule has 0 saturated heterocycles. The van der Waals surface area contributed by atoms with Crippen LogP contribution in [-0.4, -0.2) is 16.5 Å². The van der Waals surface area contributed by atoms with Crippen LogP contribution in [-0.2, 0) is 0 Å². The third-order valence-electron chi connectivity index (χ3n) is 1.59. The molecule has 0 atom stereocenters. The molecule has 1 nitrogen and oxygen atoms in total. The van der Waals surface area contributed by atoms with E-state index < -0.39 is 0 Å².